The van der Waals surface area contributed by atoms with Gasteiger partial charge in [0.1, 0.15) is 0 Å². The summed E-state index contributed by atoms with van der Waals surface area (Å²) in [5.74, 6) is 1.09. The summed E-state index contributed by atoms with van der Waals surface area (Å²) < 4.78 is 0. The molecule has 2 heterocycles. The van der Waals surface area contributed by atoms with Gasteiger partial charge in [-0.15, -0.1) is 0 Å². The number of thioether (sulfide) groups is 1. The molecule has 4 nitrogen and oxygen atoms in total. The van der Waals surface area contributed by atoms with Crippen LogP contribution in [0.3, 0.4) is 0 Å². The van der Waals surface area contributed by atoms with Crippen LogP contribution in [0, 0.1) is 6.92 Å². The third-order valence-electron chi connectivity index (χ3n) is 2.94. The smallest absolute Gasteiger partial charge is 0.157 e. The monoisotopic (exact) mass is 250 g/mol. The second-order valence-electron chi connectivity index (χ2n) is 4.60. The molecule has 92 valence electrons. The van der Waals surface area contributed by atoms with E-state index < -0.39 is 0 Å². The number of hydrogen-bond acceptors (Lipinski definition) is 4. The highest BCUT2D eigenvalue weighted by Gasteiger charge is 2.30. The molecule has 0 amide bonds. The Kier molecular flexibility index (Phi) is 3.66. The SMILES string of the molecule is CCC1(C)CSC(=NCc2cnc(C)cn2)N1. The van der Waals surface area contributed by atoms with E-state index in [0.717, 1.165) is 28.7 Å². The molecule has 1 N–H and O–H groups in total. The fraction of sp³-hybridized carbons (Fsp3) is 0.583. The molecule has 0 radical (unpaired) electrons. The van der Waals surface area contributed by atoms with Crippen LogP contribution in [0.2, 0.25) is 0 Å². The molecule has 1 aliphatic heterocycles. The summed E-state index contributed by atoms with van der Waals surface area (Å²) in [5, 5.41) is 4.49. The first-order valence-electron chi connectivity index (χ1n) is 5.84. The van der Waals surface area contributed by atoms with Crippen LogP contribution < -0.4 is 5.32 Å². The van der Waals surface area contributed by atoms with Gasteiger partial charge in [-0.25, -0.2) is 0 Å². The van der Waals surface area contributed by atoms with Gasteiger partial charge in [-0.2, -0.15) is 0 Å². The molecule has 1 atom stereocenters. The lowest BCUT2D eigenvalue weighted by molar-refractivity contribution is 0.466. The molecule has 1 aromatic rings. The molecule has 1 saturated heterocycles. The van der Waals surface area contributed by atoms with Crippen LogP contribution in [0.5, 0.6) is 0 Å². The van der Waals surface area contributed by atoms with Crippen LogP contribution >= 0.6 is 11.8 Å². The zero-order chi connectivity index (χ0) is 12.3. The Balaban J connectivity index is 1.96. The van der Waals surface area contributed by atoms with Crippen LogP contribution in [0.1, 0.15) is 31.7 Å². The summed E-state index contributed by atoms with van der Waals surface area (Å²) in [4.78, 5) is 13.0. The summed E-state index contributed by atoms with van der Waals surface area (Å²) in [6, 6.07) is 0. The van der Waals surface area contributed by atoms with E-state index in [2.05, 4.69) is 34.1 Å². The average molecular weight is 250 g/mol. The van der Waals surface area contributed by atoms with Gasteiger partial charge >= 0.3 is 0 Å². The molecule has 0 saturated carbocycles. The fourth-order valence-electron chi connectivity index (χ4n) is 1.49. The van der Waals surface area contributed by atoms with Gasteiger partial charge in [-0.3, -0.25) is 15.0 Å². The van der Waals surface area contributed by atoms with Crippen LogP contribution in [-0.2, 0) is 6.54 Å². The van der Waals surface area contributed by atoms with Gasteiger partial charge in [0.15, 0.2) is 5.17 Å². The van der Waals surface area contributed by atoms with Crippen molar-refractivity contribution in [2.24, 2.45) is 4.99 Å². The number of hydrogen-bond donors (Lipinski definition) is 1. The zero-order valence-electron chi connectivity index (χ0n) is 10.5. The van der Waals surface area contributed by atoms with E-state index in [9.17, 15) is 0 Å². The largest absolute Gasteiger partial charge is 0.359 e. The van der Waals surface area contributed by atoms with Crippen molar-refractivity contribution in [3.63, 3.8) is 0 Å². The summed E-state index contributed by atoms with van der Waals surface area (Å²) in [5.41, 5.74) is 2.05. The van der Waals surface area contributed by atoms with E-state index in [1.165, 1.54) is 0 Å². The van der Waals surface area contributed by atoms with Crippen molar-refractivity contribution in [3.8, 4) is 0 Å². The van der Waals surface area contributed by atoms with Crippen molar-refractivity contribution in [2.45, 2.75) is 39.3 Å². The number of aryl methyl sites for hydroxylation is 1. The van der Waals surface area contributed by atoms with Gasteiger partial charge in [-0.05, 0) is 20.3 Å². The maximum Gasteiger partial charge on any atom is 0.157 e. The Hall–Kier alpha value is -1.10. The fourth-order valence-corrected chi connectivity index (χ4v) is 2.69. The summed E-state index contributed by atoms with van der Waals surface area (Å²) >= 11 is 1.79. The first-order valence-corrected chi connectivity index (χ1v) is 6.83. The molecule has 17 heavy (non-hydrogen) atoms. The highest BCUT2D eigenvalue weighted by atomic mass is 32.2. The van der Waals surface area contributed by atoms with Crippen molar-refractivity contribution >= 4 is 16.9 Å². The molecule has 0 aliphatic carbocycles. The topological polar surface area (TPSA) is 50.2 Å². The van der Waals surface area contributed by atoms with E-state index in [-0.39, 0.29) is 5.54 Å². The highest BCUT2D eigenvalue weighted by Crippen LogP contribution is 2.25. The molecule has 0 spiro atoms. The molecule has 1 aromatic heterocycles. The first kappa shape index (κ1) is 12.4. The first-order chi connectivity index (χ1) is 8.11. The van der Waals surface area contributed by atoms with Gasteiger partial charge in [0, 0.05) is 17.5 Å². The molecule has 5 heteroatoms. The summed E-state index contributed by atoms with van der Waals surface area (Å²) in [6.45, 7) is 6.96. The van der Waals surface area contributed by atoms with E-state index in [0.29, 0.717) is 6.54 Å². The van der Waals surface area contributed by atoms with Crippen LogP contribution in [0.15, 0.2) is 17.4 Å². The Morgan fingerprint density at radius 1 is 1.47 bits per heavy atom. The Bertz CT molecular complexity index is 415. The lowest BCUT2D eigenvalue weighted by atomic mass is 10.0. The minimum atomic E-state index is 0.197. The van der Waals surface area contributed by atoms with Gasteiger partial charge in [0.2, 0.25) is 0 Å². The zero-order valence-corrected chi connectivity index (χ0v) is 11.3. The van der Waals surface area contributed by atoms with Gasteiger partial charge in [0.25, 0.3) is 0 Å². The van der Waals surface area contributed by atoms with E-state index in [4.69, 9.17) is 0 Å². The molecular weight excluding hydrogens is 232 g/mol. The number of amidine groups is 1. The highest BCUT2D eigenvalue weighted by molar-refractivity contribution is 8.14. The number of aliphatic imine (C=N–C) groups is 1. The van der Waals surface area contributed by atoms with Crippen LogP contribution in [0.4, 0.5) is 0 Å². The Morgan fingerprint density at radius 2 is 2.29 bits per heavy atom. The quantitative estimate of drug-likeness (QED) is 0.893. The van der Waals surface area contributed by atoms with Crippen molar-refractivity contribution < 1.29 is 0 Å². The molecule has 2 rings (SSSR count). The second kappa shape index (κ2) is 5.04. The predicted molar refractivity (Wildman–Crippen MR) is 72.2 cm³/mol. The third-order valence-corrected chi connectivity index (χ3v) is 4.22. The molecule has 0 aromatic carbocycles. The van der Waals surface area contributed by atoms with Gasteiger partial charge in [0.05, 0.1) is 24.1 Å². The summed E-state index contributed by atoms with van der Waals surface area (Å²) in [6.07, 6.45) is 4.68. The van der Waals surface area contributed by atoms with Crippen molar-refractivity contribution in [2.75, 3.05) is 5.75 Å². The lowest BCUT2D eigenvalue weighted by Crippen LogP contribution is -2.39. The number of aromatic nitrogens is 2. The standard InChI is InChI=1S/C12H18N4S/c1-4-12(3)8-17-11(16-12)15-7-10-6-13-9(2)5-14-10/h5-6H,4,7-8H2,1-3H3,(H,15,16). The van der Waals surface area contributed by atoms with Crippen molar-refractivity contribution in [1.82, 2.24) is 15.3 Å². The predicted octanol–water partition coefficient (Wildman–Crippen LogP) is 2.15. The van der Waals surface area contributed by atoms with E-state index in [1.807, 2.05) is 6.92 Å². The Labute approximate surface area is 106 Å². The maximum atomic E-state index is 4.53. The molecule has 1 unspecified atom stereocenters. The van der Waals surface area contributed by atoms with E-state index >= 15 is 0 Å². The minimum absolute atomic E-state index is 0.197. The number of nitrogens with one attached hydrogen (secondary N) is 1. The van der Waals surface area contributed by atoms with E-state index in [1.54, 1.807) is 24.2 Å². The van der Waals surface area contributed by atoms with Gasteiger partial charge < -0.3 is 5.32 Å². The maximum absolute atomic E-state index is 4.53. The van der Waals surface area contributed by atoms with Crippen LogP contribution in [-0.4, -0.2) is 26.4 Å². The molecule has 1 fully saturated rings. The van der Waals surface area contributed by atoms with Crippen molar-refractivity contribution in [1.29, 1.82) is 0 Å². The summed E-state index contributed by atoms with van der Waals surface area (Å²) in [7, 11) is 0. The Morgan fingerprint density at radius 3 is 2.88 bits per heavy atom. The molecule has 1 aliphatic rings. The van der Waals surface area contributed by atoms with Gasteiger partial charge in [-0.1, -0.05) is 18.7 Å². The van der Waals surface area contributed by atoms with Crippen molar-refractivity contribution in [3.05, 3.63) is 23.8 Å². The normalized spacial score (nSPS) is 26.2. The third kappa shape index (κ3) is 3.19. The van der Waals surface area contributed by atoms with Crippen LogP contribution in [0.25, 0.3) is 0 Å². The lowest BCUT2D eigenvalue weighted by Gasteiger charge is -2.20. The minimum Gasteiger partial charge on any atom is -0.359 e. The number of rotatable bonds is 3. The average Bonchev–Trinajstić information content (AvgIpc) is 2.72. The second-order valence-corrected chi connectivity index (χ2v) is 5.56. The number of nitrogens with zero attached hydrogens (tertiary/aromatic N) is 3. The molecule has 0 bridgehead atoms. The molecular formula is C12H18N4S.